The number of rotatable bonds is 6. The molecule has 0 aromatic carbocycles. The number of hydrogen-bond donors (Lipinski definition) is 2. The third kappa shape index (κ3) is 45.4. The van der Waals surface area contributed by atoms with E-state index in [2.05, 4.69) is 0 Å². The first-order valence-electron chi connectivity index (χ1n) is 8.09. The maximum atomic E-state index is 9.65. The summed E-state index contributed by atoms with van der Waals surface area (Å²) in [6.07, 6.45) is 10.4. The van der Waals surface area contributed by atoms with Gasteiger partial charge in [-0.15, -0.1) is 0 Å². The first-order valence-corrected chi connectivity index (χ1v) is 8.09. The Morgan fingerprint density at radius 1 is 0.880 bits per heavy atom. The first-order chi connectivity index (χ1) is 9.93. The van der Waals surface area contributed by atoms with Gasteiger partial charge in [0.25, 0.3) is 0 Å². The Kier molecular flexibility index (Phi) is 50.9. The maximum absolute atomic E-state index is 9.65. The fourth-order valence-electron chi connectivity index (χ4n) is 1.78. The molecule has 1 saturated carbocycles. The molecule has 0 radical (unpaired) electrons. The predicted octanol–water partition coefficient (Wildman–Crippen LogP) is -4.70. The number of carboxylic acids is 2. The van der Waals surface area contributed by atoms with Gasteiger partial charge in [-0.1, -0.05) is 46.0 Å². The van der Waals surface area contributed by atoms with E-state index in [1.165, 1.54) is 32.1 Å². The largest absolute Gasteiger partial charge is 4.00 e. The van der Waals surface area contributed by atoms with Gasteiger partial charge in [0.15, 0.2) is 0 Å². The van der Waals surface area contributed by atoms with Crippen molar-refractivity contribution in [2.45, 2.75) is 90.5 Å². The van der Waals surface area contributed by atoms with Crippen LogP contribution < -0.4 is 46.9 Å². The van der Waals surface area contributed by atoms with E-state index in [9.17, 15) is 19.8 Å². The molecule has 1 aliphatic rings. The summed E-state index contributed by atoms with van der Waals surface area (Å²) in [4.78, 5) is 19.3. The minimum Gasteiger partial charge on any atom is -1.00 e. The van der Waals surface area contributed by atoms with E-state index in [4.69, 9.17) is 5.73 Å². The van der Waals surface area contributed by atoms with Crippen LogP contribution in [0.1, 0.15) is 84.5 Å². The summed E-state index contributed by atoms with van der Waals surface area (Å²) >= 11 is 0. The first kappa shape index (κ1) is 40.0. The second kappa shape index (κ2) is 31.9. The number of carboxylic acid groups (broad SMARTS) is 2. The summed E-state index contributed by atoms with van der Waals surface area (Å²) in [5, 5.41) is 19.3. The molecule has 0 spiro atoms. The fraction of sp³-hybridized carbons (Fsp3) is 0.875. The van der Waals surface area contributed by atoms with Crippen LogP contribution in [0.4, 0.5) is 0 Å². The summed E-state index contributed by atoms with van der Waals surface area (Å²) < 4.78 is 0. The molecule has 0 bridgehead atoms. The molecule has 0 amide bonds. The van der Waals surface area contributed by atoms with Crippen molar-refractivity contribution < 1.29 is 65.7 Å². The number of carbonyl (C=O) groups excluding carboxylic acids is 2. The maximum Gasteiger partial charge on any atom is 4.00 e. The minimum absolute atomic E-state index is 0. The summed E-state index contributed by atoms with van der Waals surface area (Å²) in [6, 6.07) is 0.536. The van der Waals surface area contributed by atoms with Crippen molar-refractivity contribution in [3.8, 4) is 0 Å². The van der Waals surface area contributed by atoms with Crippen LogP contribution in [0.2, 0.25) is 0 Å². The quantitative estimate of drug-likeness (QED) is 0.322. The Balaban J connectivity index is -0.0000000501. The van der Waals surface area contributed by atoms with Crippen LogP contribution in [-0.2, 0) is 30.7 Å². The van der Waals surface area contributed by atoms with E-state index in [0.717, 1.165) is 25.7 Å². The molecule has 156 valence electrons. The second-order valence-corrected chi connectivity index (χ2v) is 5.35. The van der Waals surface area contributed by atoms with E-state index < -0.39 is 11.9 Å². The minimum atomic E-state index is -0.943. The van der Waals surface area contributed by atoms with Gasteiger partial charge in [-0.25, -0.2) is 0 Å². The Bertz CT molecular complexity index is 253. The third-order valence-electron chi connectivity index (χ3n) is 3.12. The number of unbranched alkanes of at least 4 members (excludes halogenated alkanes) is 2. The monoisotopic (exact) mass is 583 g/mol. The van der Waals surface area contributed by atoms with Crippen LogP contribution in [-0.4, -0.2) is 18.0 Å². The molecule has 0 atom stereocenters. The van der Waals surface area contributed by atoms with Gasteiger partial charge in [0.2, 0.25) is 0 Å². The SMILES string of the molecule is CCCCC(=O)[O-].CCCCC(=O)[O-].N.NC1CCCCC1.[Cl-].[Cl-].[Pt+4]. The van der Waals surface area contributed by atoms with E-state index in [-0.39, 0.29) is 64.9 Å². The number of carbonyl (C=O) groups is 2. The Morgan fingerprint density at radius 3 is 1.32 bits per heavy atom. The molecule has 0 aromatic heterocycles. The molecule has 0 heterocycles. The van der Waals surface area contributed by atoms with Crippen molar-refractivity contribution in [1.29, 1.82) is 0 Å². The summed E-state index contributed by atoms with van der Waals surface area (Å²) in [6.45, 7) is 3.89. The van der Waals surface area contributed by atoms with Crippen molar-refractivity contribution in [2.24, 2.45) is 5.73 Å². The number of halogens is 2. The molecule has 1 fully saturated rings. The van der Waals surface area contributed by atoms with Gasteiger partial charge in [0.1, 0.15) is 0 Å². The van der Waals surface area contributed by atoms with Gasteiger partial charge in [0.05, 0.1) is 0 Å². The average molecular weight is 584 g/mol. The number of hydrogen-bond acceptors (Lipinski definition) is 6. The smallest absolute Gasteiger partial charge is 1.00 e. The van der Waals surface area contributed by atoms with Crippen molar-refractivity contribution in [3.63, 3.8) is 0 Å². The molecular formula is C16H34Cl2N2O4Pt. The Hall–Kier alpha value is 0.128. The van der Waals surface area contributed by atoms with Gasteiger partial charge in [-0.2, -0.15) is 0 Å². The van der Waals surface area contributed by atoms with Crippen LogP contribution >= 0.6 is 0 Å². The van der Waals surface area contributed by atoms with Crippen LogP contribution in [0.25, 0.3) is 0 Å². The standard InChI is InChI=1S/C6H13N.2C5H10O2.2ClH.H3N.Pt/c7-6-4-2-1-3-5-6;2*1-2-3-4-5(6)7;;;;/h6H,1-5,7H2;2*2-4H2,1H3,(H,6,7);2*1H;1H3;/q;;;;;;+4/p-4. The molecule has 1 aliphatic carbocycles. The predicted molar refractivity (Wildman–Crippen MR) is 85.1 cm³/mol. The van der Waals surface area contributed by atoms with E-state index >= 15 is 0 Å². The van der Waals surface area contributed by atoms with Crippen LogP contribution in [0.5, 0.6) is 0 Å². The molecule has 0 aromatic rings. The molecule has 1 rings (SSSR count). The van der Waals surface area contributed by atoms with Gasteiger partial charge < -0.3 is 56.5 Å². The van der Waals surface area contributed by atoms with Crippen LogP contribution in [0.15, 0.2) is 0 Å². The zero-order chi connectivity index (χ0) is 16.5. The summed E-state index contributed by atoms with van der Waals surface area (Å²) in [5.41, 5.74) is 5.63. The van der Waals surface area contributed by atoms with Gasteiger partial charge in [0, 0.05) is 18.0 Å². The molecule has 5 N–H and O–H groups in total. The summed E-state index contributed by atoms with van der Waals surface area (Å²) in [7, 11) is 0. The van der Waals surface area contributed by atoms with Crippen molar-refractivity contribution in [2.75, 3.05) is 0 Å². The van der Waals surface area contributed by atoms with Crippen LogP contribution in [0.3, 0.4) is 0 Å². The third-order valence-corrected chi connectivity index (χ3v) is 3.12. The number of nitrogens with two attached hydrogens (primary N) is 1. The van der Waals surface area contributed by atoms with Gasteiger partial charge >= 0.3 is 21.1 Å². The van der Waals surface area contributed by atoms with E-state index in [1.54, 1.807) is 0 Å². The molecule has 9 heteroatoms. The fourth-order valence-corrected chi connectivity index (χ4v) is 1.78. The zero-order valence-electron chi connectivity index (χ0n) is 15.3. The van der Waals surface area contributed by atoms with Crippen molar-refractivity contribution in [1.82, 2.24) is 6.15 Å². The summed E-state index contributed by atoms with van der Waals surface area (Å²) in [5.74, 6) is -1.89. The Morgan fingerprint density at radius 2 is 1.20 bits per heavy atom. The van der Waals surface area contributed by atoms with Crippen LogP contribution in [0, 0.1) is 0 Å². The number of aliphatic carboxylic acids is 2. The molecule has 0 saturated heterocycles. The van der Waals surface area contributed by atoms with Crippen molar-refractivity contribution >= 4 is 11.9 Å². The zero-order valence-corrected chi connectivity index (χ0v) is 19.1. The van der Waals surface area contributed by atoms with Crippen molar-refractivity contribution in [3.05, 3.63) is 0 Å². The van der Waals surface area contributed by atoms with E-state index in [0.29, 0.717) is 6.04 Å². The molecule has 6 nitrogen and oxygen atoms in total. The molecular weight excluding hydrogens is 550 g/mol. The van der Waals surface area contributed by atoms with Gasteiger partial charge in [-0.05, 0) is 38.5 Å². The normalized spacial score (nSPS) is 12.0. The molecule has 0 unspecified atom stereocenters. The van der Waals surface area contributed by atoms with E-state index in [1.807, 2.05) is 13.8 Å². The topological polar surface area (TPSA) is 141 Å². The second-order valence-electron chi connectivity index (χ2n) is 5.35. The van der Waals surface area contributed by atoms with Gasteiger partial charge in [-0.3, -0.25) is 0 Å². The Labute approximate surface area is 179 Å². The average Bonchev–Trinajstić information content (AvgIpc) is 2.45. The molecule has 25 heavy (non-hydrogen) atoms. The molecule has 0 aliphatic heterocycles.